The topological polar surface area (TPSA) is 49.4 Å². The smallest absolute Gasteiger partial charge is 0.250 e. The second-order valence-electron chi connectivity index (χ2n) is 4.38. The summed E-state index contributed by atoms with van der Waals surface area (Å²) in [7, 11) is -0.543. The van der Waals surface area contributed by atoms with E-state index in [2.05, 4.69) is 5.32 Å². The van der Waals surface area contributed by atoms with Crippen LogP contribution in [-0.4, -0.2) is 39.8 Å². The normalized spacial score (nSPS) is 14.1. The maximum Gasteiger partial charge on any atom is 0.250 e. The molecule has 1 aromatic carbocycles. The highest BCUT2D eigenvalue weighted by Gasteiger charge is 2.17. The molecule has 1 N–H and O–H groups in total. The van der Waals surface area contributed by atoms with Crippen molar-refractivity contribution in [3.05, 3.63) is 29.8 Å². The number of hydrogen-bond acceptors (Lipinski definition) is 3. The Hall–Kier alpha value is -1.05. The Morgan fingerprint density at radius 2 is 1.74 bits per heavy atom. The largest absolute Gasteiger partial charge is 0.305 e. The van der Waals surface area contributed by atoms with Crippen molar-refractivity contribution >= 4 is 10.0 Å². The summed E-state index contributed by atoms with van der Waals surface area (Å²) in [5.41, 5.74) is 0.762. The molecule has 0 bridgehead atoms. The Morgan fingerprint density at radius 1 is 1.21 bits per heavy atom. The number of nitrogens with one attached hydrogen (secondary N) is 1. The lowest BCUT2D eigenvalue weighted by Crippen LogP contribution is -2.25. The van der Waals surface area contributed by atoms with Crippen LogP contribution in [-0.2, 0) is 10.0 Å². The summed E-state index contributed by atoms with van der Waals surface area (Å²) in [6, 6.07) is 5.94. The fourth-order valence-electron chi connectivity index (χ4n) is 1.52. The third-order valence-corrected chi connectivity index (χ3v) is 4.57. The van der Waals surface area contributed by atoms with Gasteiger partial charge in [0.25, 0.3) is 6.43 Å². The van der Waals surface area contributed by atoms with Gasteiger partial charge in [0.2, 0.25) is 10.0 Å². The maximum absolute atomic E-state index is 12.1. The van der Waals surface area contributed by atoms with E-state index in [1.807, 2.05) is 0 Å². The predicted molar refractivity (Wildman–Crippen MR) is 69.7 cm³/mol. The number of sulfonamides is 1. The Labute approximate surface area is 112 Å². The van der Waals surface area contributed by atoms with Gasteiger partial charge in [-0.25, -0.2) is 21.5 Å². The summed E-state index contributed by atoms with van der Waals surface area (Å²) in [6.45, 7) is 1.36. The van der Waals surface area contributed by atoms with Gasteiger partial charge in [-0.15, -0.1) is 0 Å². The van der Waals surface area contributed by atoms with Crippen LogP contribution in [0.4, 0.5) is 8.78 Å². The van der Waals surface area contributed by atoms with E-state index in [0.29, 0.717) is 0 Å². The molecule has 0 aromatic heterocycles. The molecule has 0 amide bonds. The van der Waals surface area contributed by atoms with E-state index in [1.165, 1.54) is 26.2 Å². The van der Waals surface area contributed by atoms with E-state index in [0.717, 1.165) is 9.87 Å². The molecule has 108 valence electrons. The van der Waals surface area contributed by atoms with E-state index in [-0.39, 0.29) is 17.5 Å². The molecule has 7 heteroatoms. The van der Waals surface area contributed by atoms with Crippen LogP contribution in [0.5, 0.6) is 0 Å². The average Bonchev–Trinajstić information content (AvgIpc) is 2.35. The van der Waals surface area contributed by atoms with Crippen molar-refractivity contribution in [1.82, 2.24) is 9.62 Å². The molecule has 0 aliphatic rings. The number of benzene rings is 1. The molecule has 0 aliphatic carbocycles. The fraction of sp³-hybridized carbons (Fsp3) is 0.500. The van der Waals surface area contributed by atoms with Crippen LogP contribution in [0, 0.1) is 0 Å². The van der Waals surface area contributed by atoms with Crippen molar-refractivity contribution < 1.29 is 17.2 Å². The van der Waals surface area contributed by atoms with Crippen LogP contribution in [0.25, 0.3) is 0 Å². The van der Waals surface area contributed by atoms with Crippen molar-refractivity contribution in [3.63, 3.8) is 0 Å². The van der Waals surface area contributed by atoms with Gasteiger partial charge in [0.15, 0.2) is 0 Å². The molecule has 0 fully saturated rings. The first-order chi connectivity index (χ1) is 8.75. The molecule has 1 unspecified atom stereocenters. The number of hydrogen-bond donors (Lipinski definition) is 1. The van der Waals surface area contributed by atoms with Crippen LogP contribution >= 0.6 is 0 Å². The molecule has 1 rings (SSSR count). The first-order valence-corrected chi connectivity index (χ1v) is 7.23. The van der Waals surface area contributed by atoms with Crippen molar-refractivity contribution in [1.29, 1.82) is 0 Å². The molecule has 1 aromatic rings. The zero-order valence-electron chi connectivity index (χ0n) is 11.1. The number of halogens is 2. The molecular formula is C12H18F2N2O2S. The van der Waals surface area contributed by atoms with Crippen LogP contribution in [0.2, 0.25) is 0 Å². The highest BCUT2D eigenvalue weighted by atomic mass is 32.2. The van der Waals surface area contributed by atoms with E-state index < -0.39 is 16.4 Å². The molecule has 0 spiro atoms. The number of nitrogens with zero attached hydrogens (tertiary/aromatic N) is 1. The second kappa shape index (κ2) is 6.40. The summed E-state index contributed by atoms with van der Waals surface area (Å²) >= 11 is 0. The summed E-state index contributed by atoms with van der Waals surface area (Å²) in [6.07, 6.45) is -2.41. The summed E-state index contributed by atoms with van der Waals surface area (Å²) in [5, 5.41) is 2.67. The van der Waals surface area contributed by atoms with Crippen LogP contribution < -0.4 is 5.32 Å². The molecule has 19 heavy (non-hydrogen) atoms. The lowest BCUT2D eigenvalue weighted by molar-refractivity contribution is 0.142. The Kier molecular flexibility index (Phi) is 5.39. The first kappa shape index (κ1) is 16.0. The molecule has 0 saturated heterocycles. The lowest BCUT2D eigenvalue weighted by atomic mass is 10.1. The highest BCUT2D eigenvalue weighted by molar-refractivity contribution is 7.89. The molecule has 4 nitrogen and oxygen atoms in total. The van der Waals surface area contributed by atoms with E-state index in [9.17, 15) is 17.2 Å². The Morgan fingerprint density at radius 3 is 2.16 bits per heavy atom. The van der Waals surface area contributed by atoms with E-state index >= 15 is 0 Å². The maximum atomic E-state index is 12.1. The molecule has 0 heterocycles. The lowest BCUT2D eigenvalue weighted by Gasteiger charge is -2.15. The van der Waals surface area contributed by atoms with Crippen LogP contribution in [0.15, 0.2) is 29.2 Å². The number of rotatable bonds is 6. The van der Waals surface area contributed by atoms with Crippen molar-refractivity contribution in [2.45, 2.75) is 24.3 Å². The third kappa shape index (κ3) is 4.22. The van der Waals surface area contributed by atoms with Gasteiger partial charge in [-0.3, -0.25) is 0 Å². The van der Waals surface area contributed by atoms with Crippen molar-refractivity contribution in [2.24, 2.45) is 0 Å². The zero-order chi connectivity index (χ0) is 14.6. The Balaban J connectivity index is 2.82. The minimum atomic E-state index is -3.45. The van der Waals surface area contributed by atoms with Gasteiger partial charge in [0, 0.05) is 20.1 Å². The summed E-state index contributed by atoms with van der Waals surface area (Å²) in [4.78, 5) is 0.183. The molecule has 0 radical (unpaired) electrons. The second-order valence-corrected chi connectivity index (χ2v) is 6.53. The minimum absolute atomic E-state index is 0.183. The van der Waals surface area contributed by atoms with Gasteiger partial charge in [-0.05, 0) is 24.6 Å². The zero-order valence-corrected chi connectivity index (χ0v) is 11.9. The molecular weight excluding hydrogens is 274 g/mol. The van der Waals surface area contributed by atoms with Gasteiger partial charge in [-0.2, -0.15) is 0 Å². The van der Waals surface area contributed by atoms with Crippen LogP contribution in [0.3, 0.4) is 0 Å². The van der Waals surface area contributed by atoms with Gasteiger partial charge < -0.3 is 5.32 Å². The van der Waals surface area contributed by atoms with Crippen LogP contribution in [0.1, 0.15) is 18.5 Å². The summed E-state index contributed by atoms with van der Waals surface area (Å²) < 4.78 is 48.9. The number of alkyl halides is 2. The molecule has 0 aliphatic heterocycles. The van der Waals surface area contributed by atoms with Crippen molar-refractivity contribution in [3.8, 4) is 0 Å². The van der Waals surface area contributed by atoms with Crippen molar-refractivity contribution in [2.75, 3.05) is 20.6 Å². The summed E-state index contributed by atoms with van der Waals surface area (Å²) in [5.74, 6) is 0. The SMILES string of the molecule is CC(NCC(F)F)c1ccc(S(=O)(=O)N(C)C)cc1. The average molecular weight is 292 g/mol. The first-order valence-electron chi connectivity index (χ1n) is 5.79. The van der Waals surface area contributed by atoms with Gasteiger partial charge in [0.05, 0.1) is 11.4 Å². The fourth-order valence-corrected chi connectivity index (χ4v) is 2.42. The van der Waals surface area contributed by atoms with E-state index in [4.69, 9.17) is 0 Å². The predicted octanol–water partition coefficient (Wildman–Crippen LogP) is 1.85. The van der Waals surface area contributed by atoms with Gasteiger partial charge in [0.1, 0.15) is 0 Å². The Bertz CT molecular complexity index is 501. The third-order valence-electron chi connectivity index (χ3n) is 2.74. The monoisotopic (exact) mass is 292 g/mol. The van der Waals surface area contributed by atoms with E-state index in [1.54, 1.807) is 19.1 Å². The standard InChI is InChI=1S/C12H18F2N2O2S/c1-9(15-8-12(13)14)10-4-6-11(7-5-10)19(17,18)16(2)3/h4-7,9,12,15H,8H2,1-3H3. The quantitative estimate of drug-likeness (QED) is 0.870. The minimum Gasteiger partial charge on any atom is -0.305 e. The molecule has 1 atom stereocenters. The van der Waals surface area contributed by atoms with Gasteiger partial charge >= 0.3 is 0 Å². The highest BCUT2D eigenvalue weighted by Crippen LogP contribution is 2.18. The van der Waals surface area contributed by atoms with Gasteiger partial charge in [-0.1, -0.05) is 12.1 Å². The molecule has 0 saturated carbocycles.